The standard InChI is InChI=1S/C12H14Cl2N2O3S/c1-8(12(17)16-5-2-6-20(16,18)19)15-11-4-3-9(13)7-10(11)14/h3-4,7-8,15H,2,5-6H2,1H3/t8-/m0/s1. The number of halogens is 2. The van der Waals surface area contributed by atoms with Crippen molar-refractivity contribution in [3.05, 3.63) is 28.2 Å². The summed E-state index contributed by atoms with van der Waals surface area (Å²) >= 11 is 11.8. The van der Waals surface area contributed by atoms with Crippen LogP contribution in [0.15, 0.2) is 18.2 Å². The van der Waals surface area contributed by atoms with Crippen LogP contribution in [0.4, 0.5) is 5.69 Å². The number of sulfonamides is 1. The third-order valence-electron chi connectivity index (χ3n) is 3.02. The lowest BCUT2D eigenvalue weighted by atomic mass is 10.2. The quantitative estimate of drug-likeness (QED) is 0.920. The van der Waals surface area contributed by atoms with Crippen LogP contribution in [0.5, 0.6) is 0 Å². The summed E-state index contributed by atoms with van der Waals surface area (Å²) in [6, 6.07) is 4.14. The van der Waals surface area contributed by atoms with Gasteiger partial charge in [-0.25, -0.2) is 12.7 Å². The fraction of sp³-hybridized carbons (Fsp3) is 0.417. The molecule has 0 radical (unpaired) electrons. The molecule has 1 aromatic rings. The van der Waals surface area contributed by atoms with E-state index in [2.05, 4.69) is 5.32 Å². The lowest BCUT2D eigenvalue weighted by Crippen LogP contribution is -2.42. The molecule has 0 aromatic heterocycles. The molecule has 1 atom stereocenters. The minimum atomic E-state index is -3.45. The maximum Gasteiger partial charge on any atom is 0.258 e. The second-order valence-corrected chi connectivity index (χ2v) is 7.43. The largest absolute Gasteiger partial charge is 0.373 e. The Hall–Kier alpha value is -0.980. The van der Waals surface area contributed by atoms with Crippen LogP contribution in [-0.2, 0) is 14.8 Å². The number of hydrogen-bond donors (Lipinski definition) is 1. The van der Waals surface area contributed by atoms with E-state index in [1.807, 2.05) is 0 Å². The Morgan fingerprint density at radius 3 is 2.65 bits per heavy atom. The highest BCUT2D eigenvalue weighted by molar-refractivity contribution is 7.89. The van der Waals surface area contributed by atoms with Gasteiger partial charge in [0, 0.05) is 11.6 Å². The van der Waals surface area contributed by atoms with E-state index >= 15 is 0 Å². The topological polar surface area (TPSA) is 66.5 Å². The summed E-state index contributed by atoms with van der Waals surface area (Å²) in [5.74, 6) is -0.457. The van der Waals surface area contributed by atoms with Crippen molar-refractivity contribution in [2.45, 2.75) is 19.4 Å². The van der Waals surface area contributed by atoms with E-state index in [9.17, 15) is 13.2 Å². The Morgan fingerprint density at radius 1 is 1.40 bits per heavy atom. The zero-order valence-electron chi connectivity index (χ0n) is 10.8. The Kier molecular flexibility index (Phi) is 4.46. The Labute approximate surface area is 127 Å². The number of hydrogen-bond acceptors (Lipinski definition) is 4. The highest BCUT2D eigenvalue weighted by Gasteiger charge is 2.34. The van der Waals surface area contributed by atoms with E-state index in [4.69, 9.17) is 23.2 Å². The first-order valence-corrected chi connectivity index (χ1v) is 8.43. The highest BCUT2D eigenvalue weighted by Crippen LogP contribution is 2.26. The Bertz CT molecular complexity index is 634. The molecule has 8 heteroatoms. The molecule has 1 heterocycles. The van der Waals surface area contributed by atoms with E-state index in [-0.39, 0.29) is 12.3 Å². The van der Waals surface area contributed by atoms with Crippen LogP contribution in [0.3, 0.4) is 0 Å². The summed E-state index contributed by atoms with van der Waals surface area (Å²) in [4.78, 5) is 12.2. The molecule has 0 aliphatic carbocycles. The second kappa shape index (κ2) is 5.79. The molecule has 1 amide bonds. The molecular weight excluding hydrogens is 323 g/mol. The Balaban J connectivity index is 2.12. The van der Waals surface area contributed by atoms with Crippen molar-refractivity contribution in [1.82, 2.24) is 4.31 Å². The number of nitrogens with zero attached hydrogens (tertiary/aromatic N) is 1. The summed E-state index contributed by atoms with van der Waals surface area (Å²) in [6.07, 6.45) is 0.475. The third kappa shape index (κ3) is 3.19. The number of rotatable bonds is 3. The molecule has 20 heavy (non-hydrogen) atoms. The van der Waals surface area contributed by atoms with Gasteiger partial charge in [-0.3, -0.25) is 4.79 Å². The van der Waals surface area contributed by atoms with Gasteiger partial charge in [-0.1, -0.05) is 23.2 Å². The van der Waals surface area contributed by atoms with Gasteiger partial charge in [0.05, 0.1) is 16.5 Å². The first kappa shape index (κ1) is 15.4. The molecule has 2 rings (SSSR count). The first-order chi connectivity index (χ1) is 9.31. The molecule has 1 saturated heterocycles. The lowest BCUT2D eigenvalue weighted by Gasteiger charge is -2.21. The normalized spacial score (nSPS) is 18.9. The zero-order valence-corrected chi connectivity index (χ0v) is 13.1. The van der Waals surface area contributed by atoms with E-state index in [1.54, 1.807) is 25.1 Å². The SMILES string of the molecule is C[C@H](Nc1ccc(Cl)cc1Cl)C(=O)N1CCCS1(=O)=O. The predicted molar refractivity (Wildman–Crippen MR) is 79.7 cm³/mol. The summed E-state index contributed by atoms with van der Waals surface area (Å²) in [7, 11) is -3.45. The molecule has 0 saturated carbocycles. The smallest absolute Gasteiger partial charge is 0.258 e. The summed E-state index contributed by atoms with van der Waals surface area (Å²) < 4.78 is 24.3. The van der Waals surface area contributed by atoms with Crippen LogP contribution in [0, 0.1) is 0 Å². The van der Waals surface area contributed by atoms with Gasteiger partial charge >= 0.3 is 0 Å². The summed E-state index contributed by atoms with van der Waals surface area (Å²) in [5, 5.41) is 3.77. The van der Waals surface area contributed by atoms with Crippen molar-refractivity contribution in [2.24, 2.45) is 0 Å². The van der Waals surface area contributed by atoms with Gasteiger partial charge in [0.1, 0.15) is 6.04 Å². The summed E-state index contributed by atoms with van der Waals surface area (Å²) in [5.41, 5.74) is 0.536. The number of carbonyl (C=O) groups excluding carboxylic acids is 1. The van der Waals surface area contributed by atoms with E-state index in [0.717, 1.165) is 4.31 Å². The van der Waals surface area contributed by atoms with Crippen LogP contribution in [0.25, 0.3) is 0 Å². The molecule has 1 N–H and O–H groups in total. The first-order valence-electron chi connectivity index (χ1n) is 6.07. The molecule has 1 fully saturated rings. The molecule has 1 aliphatic heterocycles. The number of nitrogens with one attached hydrogen (secondary N) is 1. The molecule has 1 aliphatic rings. The van der Waals surface area contributed by atoms with E-state index in [1.165, 1.54) is 0 Å². The maximum atomic E-state index is 12.2. The van der Waals surface area contributed by atoms with Crippen molar-refractivity contribution in [2.75, 3.05) is 17.6 Å². The van der Waals surface area contributed by atoms with Crippen molar-refractivity contribution in [3.8, 4) is 0 Å². The van der Waals surface area contributed by atoms with Crippen LogP contribution in [0.2, 0.25) is 10.0 Å². The monoisotopic (exact) mass is 336 g/mol. The van der Waals surface area contributed by atoms with Crippen molar-refractivity contribution in [3.63, 3.8) is 0 Å². The van der Waals surface area contributed by atoms with Crippen molar-refractivity contribution in [1.29, 1.82) is 0 Å². The van der Waals surface area contributed by atoms with Gasteiger partial charge in [-0.05, 0) is 31.5 Å². The Morgan fingerprint density at radius 2 is 2.10 bits per heavy atom. The second-order valence-electron chi connectivity index (χ2n) is 4.57. The van der Waals surface area contributed by atoms with Gasteiger partial charge in [-0.2, -0.15) is 0 Å². The molecule has 5 nitrogen and oxygen atoms in total. The van der Waals surface area contributed by atoms with Gasteiger partial charge in [-0.15, -0.1) is 0 Å². The van der Waals surface area contributed by atoms with Gasteiger partial charge in [0.15, 0.2) is 0 Å². The predicted octanol–water partition coefficient (Wildman–Crippen LogP) is 2.36. The van der Waals surface area contributed by atoms with Crippen LogP contribution in [0.1, 0.15) is 13.3 Å². The fourth-order valence-corrected chi connectivity index (χ4v) is 4.02. The minimum Gasteiger partial charge on any atom is -0.373 e. The third-order valence-corrected chi connectivity index (χ3v) is 5.41. The van der Waals surface area contributed by atoms with Crippen molar-refractivity contribution >= 4 is 44.8 Å². The highest BCUT2D eigenvalue weighted by atomic mass is 35.5. The molecular formula is C12H14Cl2N2O3S. The van der Waals surface area contributed by atoms with Gasteiger partial charge in [0.2, 0.25) is 10.0 Å². The number of amides is 1. The molecule has 0 bridgehead atoms. The van der Waals surface area contributed by atoms with Crippen LogP contribution >= 0.6 is 23.2 Å². The van der Waals surface area contributed by atoms with Crippen molar-refractivity contribution < 1.29 is 13.2 Å². The zero-order chi connectivity index (χ0) is 14.9. The van der Waals surface area contributed by atoms with Gasteiger partial charge < -0.3 is 5.32 Å². The fourth-order valence-electron chi connectivity index (χ4n) is 2.00. The summed E-state index contributed by atoms with van der Waals surface area (Å²) in [6.45, 7) is 1.84. The average molecular weight is 337 g/mol. The average Bonchev–Trinajstić information content (AvgIpc) is 2.71. The van der Waals surface area contributed by atoms with Crippen LogP contribution in [-0.4, -0.2) is 37.0 Å². The number of benzene rings is 1. The number of carbonyl (C=O) groups is 1. The van der Waals surface area contributed by atoms with Gasteiger partial charge in [0.25, 0.3) is 5.91 Å². The molecule has 1 aromatic carbocycles. The van der Waals surface area contributed by atoms with Crippen LogP contribution < -0.4 is 5.32 Å². The molecule has 0 spiro atoms. The lowest BCUT2D eigenvalue weighted by molar-refractivity contribution is -0.126. The molecule has 110 valence electrons. The van der Waals surface area contributed by atoms with E-state index in [0.29, 0.717) is 22.2 Å². The number of anilines is 1. The van der Waals surface area contributed by atoms with E-state index < -0.39 is 22.0 Å². The minimum absolute atomic E-state index is 0.0210. The maximum absolute atomic E-state index is 12.2. The molecule has 0 unspecified atom stereocenters.